The van der Waals surface area contributed by atoms with Gasteiger partial charge in [0.25, 0.3) is 0 Å². The highest BCUT2D eigenvalue weighted by Gasteiger charge is 2.07. The minimum absolute atomic E-state index is 0. The fraction of sp³-hybridized carbons (Fsp3) is 0.632. The van der Waals surface area contributed by atoms with Gasteiger partial charge in [-0.1, -0.05) is 32.8 Å². The molecule has 2 aromatic rings. The van der Waals surface area contributed by atoms with E-state index < -0.39 is 0 Å². The summed E-state index contributed by atoms with van der Waals surface area (Å²) in [5, 5.41) is 15.3. The van der Waals surface area contributed by atoms with Crippen LogP contribution in [0, 0.1) is 5.92 Å². The van der Waals surface area contributed by atoms with Crippen molar-refractivity contribution in [2.75, 3.05) is 13.1 Å². The van der Waals surface area contributed by atoms with E-state index in [1.54, 1.807) is 0 Å². The molecule has 6 nitrogen and oxygen atoms in total. The summed E-state index contributed by atoms with van der Waals surface area (Å²) in [5.74, 6) is 2.60. The van der Waals surface area contributed by atoms with Gasteiger partial charge in [-0.15, -0.1) is 34.2 Å². The molecule has 0 bridgehead atoms. The van der Waals surface area contributed by atoms with Gasteiger partial charge >= 0.3 is 0 Å². The molecule has 0 aliphatic rings. The zero-order valence-electron chi connectivity index (χ0n) is 16.4. The Balaban J connectivity index is 0.00000338. The van der Waals surface area contributed by atoms with Crippen LogP contribution in [0.15, 0.2) is 29.4 Å². The fourth-order valence-corrected chi connectivity index (χ4v) is 2.79. The Bertz CT molecular complexity index is 667. The average molecular weight is 472 g/mol. The van der Waals surface area contributed by atoms with E-state index in [-0.39, 0.29) is 24.0 Å². The summed E-state index contributed by atoms with van der Waals surface area (Å²) < 4.78 is 2.02. The van der Waals surface area contributed by atoms with Crippen molar-refractivity contribution in [3.63, 3.8) is 0 Å². The van der Waals surface area contributed by atoms with Gasteiger partial charge in [-0.25, -0.2) is 0 Å². The Morgan fingerprint density at radius 2 is 2.00 bits per heavy atom. The third-order valence-electron chi connectivity index (χ3n) is 4.14. The molecular weight excluding hydrogens is 439 g/mol. The Kier molecular flexibility index (Phi) is 10.5. The third kappa shape index (κ3) is 7.47. The number of guanidine groups is 1. The molecule has 2 aromatic heterocycles. The second-order valence-electron chi connectivity index (χ2n) is 6.93. The van der Waals surface area contributed by atoms with E-state index in [1.807, 2.05) is 28.8 Å². The van der Waals surface area contributed by atoms with Crippen LogP contribution in [-0.4, -0.2) is 39.7 Å². The first-order valence-electron chi connectivity index (χ1n) is 9.43. The number of pyridine rings is 1. The van der Waals surface area contributed by atoms with E-state index in [0.29, 0.717) is 12.6 Å². The van der Waals surface area contributed by atoms with E-state index in [4.69, 9.17) is 4.99 Å². The predicted molar refractivity (Wildman–Crippen MR) is 119 cm³/mol. The smallest absolute Gasteiger partial charge is 0.191 e. The van der Waals surface area contributed by atoms with Crippen molar-refractivity contribution < 1.29 is 0 Å². The van der Waals surface area contributed by atoms with Gasteiger partial charge in [0.05, 0.1) is 0 Å². The second-order valence-corrected chi connectivity index (χ2v) is 6.93. The molecule has 2 N–H and O–H groups in total. The molecule has 1 atom stereocenters. The monoisotopic (exact) mass is 472 g/mol. The summed E-state index contributed by atoms with van der Waals surface area (Å²) in [6.45, 7) is 10.4. The number of rotatable bonds is 9. The summed E-state index contributed by atoms with van der Waals surface area (Å²) >= 11 is 0. The van der Waals surface area contributed by atoms with Gasteiger partial charge in [-0.2, -0.15) is 0 Å². The topological polar surface area (TPSA) is 66.6 Å². The number of nitrogens with zero attached hydrogens (tertiary/aromatic N) is 4. The van der Waals surface area contributed by atoms with Crippen LogP contribution in [0.4, 0.5) is 0 Å². The predicted octanol–water partition coefficient (Wildman–Crippen LogP) is 3.66. The first kappa shape index (κ1) is 22.7. The van der Waals surface area contributed by atoms with Crippen molar-refractivity contribution in [1.29, 1.82) is 0 Å². The zero-order chi connectivity index (χ0) is 18.1. The standard InChI is InChI=1S/C19H32N6.HI/c1-5-20-19(22-16(4)10-8-9-15(2)3)21-13-12-18-24-23-17-11-6-7-14-25(17)18;/h6-7,11,14-16H,5,8-10,12-13H2,1-4H3,(H2,20,21,22);1H. The highest BCUT2D eigenvalue weighted by molar-refractivity contribution is 14.0. The van der Waals surface area contributed by atoms with Crippen LogP contribution in [-0.2, 0) is 6.42 Å². The maximum atomic E-state index is 4.69. The molecule has 0 radical (unpaired) electrons. The lowest BCUT2D eigenvalue weighted by Gasteiger charge is -2.18. The van der Waals surface area contributed by atoms with Crippen LogP contribution < -0.4 is 10.6 Å². The Hall–Kier alpha value is -1.38. The molecule has 0 spiro atoms. The summed E-state index contributed by atoms with van der Waals surface area (Å²) in [6, 6.07) is 6.35. The second kappa shape index (κ2) is 12.1. The van der Waals surface area contributed by atoms with E-state index in [0.717, 1.165) is 42.7 Å². The Labute approximate surface area is 174 Å². The quantitative estimate of drug-likeness (QED) is 0.332. The van der Waals surface area contributed by atoms with E-state index >= 15 is 0 Å². The molecule has 26 heavy (non-hydrogen) atoms. The normalized spacial score (nSPS) is 12.9. The third-order valence-corrected chi connectivity index (χ3v) is 4.14. The lowest BCUT2D eigenvalue weighted by Crippen LogP contribution is -2.42. The van der Waals surface area contributed by atoms with Crippen LogP contribution in [0.25, 0.3) is 5.65 Å². The first-order chi connectivity index (χ1) is 12.1. The molecule has 7 heteroatoms. The Morgan fingerprint density at radius 1 is 1.19 bits per heavy atom. The number of halogens is 1. The summed E-state index contributed by atoms with van der Waals surface area (Å²) in [6.07, 6.45) is 6.45. The molecule has 2 heterocycles. The number of hydrogen-bond acceptors (Lipinski definition) is 3. The van der Waals surface area contributed by atoms with Gasteiger partial charge in [-0.05, 0) is 38.3 Å². The number of aliphatic imine (C=N–C) groups is 1. The molecule has 0 saturated carbocycles. The van der Waals surface area contributed by atoms with Crippen molar-refractivity contribution >= 4 is 35.6 Å². The number of nitrogens with one attached hydrogen (secondary N) is 2. The van der Waals surface area contributed by atoms with Crippen LogP contribution in [0.2, 0.25) is 0 Å². The van der Waals surface area contributed by atoms with Crippen molar-refractivity contribution in [3.05, 3.63) is 30.2 Å². The lowest BCUT2D eigenvalue weighted by molar-refractivity contribution is 0.491. The molecule has 0 amide bonds. The van der Waals surface area contributed by atoms with Crippen LogP contribution >= 0.6 is 24.0 Å². The highest BCUT2D eigenvalue weighted by Crippen LogP contribution is 2.08. The Morgan fingerprint density at radius 3 is 2.73 bits per heavy atom. The maximum Gasteiger partial charge on any atom is 0.191 e. The summed E-state index contributed by atoms with van der Waals surface area (Å²) in [5.41, 5.74) is 0.880. The lowest BCUT2D eigenvalue weighted by atomic mass is 10.0. The van der Waals surface area contributed by atoms with Crippen LogP contribution in [0.1, 0.15) is 52.8 Å². The number of aromatic nitrogens is 3. The van der Waals surface area contributed by atoms with E-state index in [2.05, 4.69) is 48.5 Å². The molecule has 1 unspecified atom stereocenters. The fourth-order valence-electron chi connectivity index (χ4n) is 2.79. The van der Waals surface area contributed by atoms with Crippen LogP contribution in [0.5, 0.6) is 0 Å². The average Bonchev–Trinajstić information content (AvgIpc) is 2.98. The maximum absolute atomic E-state index is 4.69. The molecule has 2 rings (SSSR count). The van der Waals surface area contributed by atoms with Gasteiger partial charge < -0.3 is 10.6 Å². The summed E-state index contributed by atoms with van der Waals surface area (Å²) in [7, 11) is 0. The molecule has 0 fully saturated rings. The number of fused-ring (bicyclic) bond motifs is 1. The molecular formula is C19H33IN6. The highest BCUT2D eigenvalue weighted by atomic mass is 127. The molecule has 146 valence electrons. The van der Waals surface area contributed by atoms with Crippen molar-refractivity contribution in [2.24, 2.45) is 10.9 Å². The SMILES string of the molecule is CCNC(=NCCc1nnc2ccccn12)NC(C)CCCC(C)C.I. The van der Waals surface area contributed by atoms with Crippen molar-refractivity contribution in [2.45, 2.75) is 59.4 Å². The van der Waals surface area contributed by atoms with Gasteiger partial charge in [0, 0.05) is 31.7 Å². The first-order valence-corrected chi connectivity index (χ1v) is 9.43. The van der Waals surface area contributed by atoms with Crippen LogP contribution in [0.3, 0.4) is 0 Å². The van der Waals surface area contributed by atoms with Gasteiger partial charge in [0.1, 0.15) is 5.82 Å². The van der Waals surface area contributed by atoms with Gasteiger partial charge in [-0.3, -0.25) is 9.39 Å². The molecule has 0 aliphatic carbocycles. The van der Waals surface area contributed by atoms with Gasteiger partial charge in [0.15, 0.2) is 11.6 Å². The minimum Gasteiger partial charge on any atom is -0.357 e. The van der Waals surface area contributed by atoms with Crippen molar-refractivity contribution in [3.8, 4) is 0 Å². The van der Waals surface area contributed by atoms with Crippen molar-refractivity contribution in [1.82, 2.24) is 25.2 Å². The van der Waals surface area contributed by atoms with E-state index in [9.17, 15) is 0 Å². The minimum atomic E-state index is 0. The largest absolute Gasteiger partial charge is 0.357 e. The zero-order valence-corrected chi connectivity index (χ0v) is 18.7. The van der Waals surface area contributed by atoms with E-state index in [1.165, 1.54) is 12.8 Å². The summed E-state index contributed by atoms with van der Waals surface area (Å²) in [4.78, 5) is 4.69. The molecule has 0 saturated heterocycles. The molecule has 0 aromatic carbocycles. The van der Waals surface area contributed by atoms with Gasteiger partial charge in [0.2, 0.25) is 0 Å². The number of hydrogen-bond donors (Lipinski definition) is 2. The molecule has 0 aliphatic heterocycles.